The smallest absolute Gasteiger partial charge is 0.281 e. The molecular weight excluding hydrogens is 424 g/mol. The number of nitrogens with zero attached hydrogens (tertiary/aromatic N) is 1. The average molecular weight is 434 g/mol. The molecule has 0 spiro atoms. The first-order chi connectivity index (χ1) is 10.0. The van der Waals surface area contributed by atoms with Gasteiger partial charge in [0.1, 0.15) is 0 Å². The molecule has 8 heteroatoms. The molecule has 1 aromatic carbocycles. The van der Waals surface area contributed by atoms with Crippen molar-refractivity contribution < 1.29 is 14.6 Å². The van der Waals surface area contributed by atoms with Crippen molar-refractivity contribution >= 4 is 55.3 Å². The van der Waals surface area contributed by atoms with Crippen molar-refractivity contribution in [1.29, 1.82) is 0 Å². The van der Waals surface area contributed by atoms with Gasteiger partial charge in [-0.1, -0.05) is 6.07 Å². The molecular formula is C13H10Br2N2O3S. The van der Waals surface area contributed by atoms with E-state index in [1.807, 2.05) is 0 Å². The van der Waals surface area contributed by atoms with E-state index in [2.05, 4.69) is 42.4 Å². The summed E-state index contributed by atoms with van der Waals surface area (Å²) in [4.78, 5) is 12.3. The lowest BCUT2D eigenvalue weighted by molar-refractivity contribution is 0.0959. The number of hydrogen-bond donors (Lipinski definition) is 2. The van der Waals surface area contributed by atoms with Crippen LogP contribution in [-0.2, 0) is 0 Å². The third kappa shape index (κ3) is 3.63. The Balaban J connectivity index is 2.21. The maximum atomic E-state index is 11.7. The second-order valence-electron chi connectivity index (χ2n) is 3.81. The minimum atomic E-state index is -0.307. The Kier molecular flexibility index (Phi) is 5.38. The van der Waals surface area contributed by atoms with Crippen LogP contribution in [0.3, 0.4) is 0 Å². The van der Waals surface area contributed by atoms with E-state index in [4.69, 9.17) is 4.74 Å². The number of halogens is 2. The molecule has 1 amide bonds. The highest BCUT2D eigenvalue weighted by atomic mass is 79.9. The minimum absolute atomic E-state index is 0.0679. The van der Waals surface area contributed by atoms with Crippen molar-refractivity contribution in [3.8, 4) is 11.5 Å². The summed E-state index contributed by atoms with van der Waals surface area (Å²) in [6, 6.07) is 5.11. The standard InChI is InChI=1S/C13H10Br2N2O3S/c1-20-9-5-8(14)11(15)7(12(9)18)6-16-17-13(19)10-3-2-4-21-10/h2-6,18H,1H3,(H,17,19)/b16-6+. The van der Waals surface area contributed by atoms with E-state index in [1.165, 1.54) is 24.7 Å². The molecule has 0 unspecified atom stereocenters. The third-order valence-corrected chi connectivity index (χ3v) is 5.40. The summed E-state index contributed by atoms with van der Waals surface area (Å²) >= 11 is 7.99. The Hall–Kier alpha value is -1.38. The van der Waals surface area contributed by atoms with Crippen LogP contribution < -0.4 is 10.2 Å². The largest absolute Gasteiger partial charge is 0.504 e. The van der Waals surface area contributed by atoms with Crippen LogP contribution >= 0.6 is 43.2 Å². The summed E-state index contributed by atoms with van der Waals surface area (Å²) in [6.07, 6.45) is 1.35. The summed E-state index contributed by atoms with van der Waals surface area (Å²) in [5.41, 5.74) is 2.79. The summed E-state index contributed by atoms with van der Waals surface area (Å²) in [7, 11) is 1.45. The number of phenolic OH excluding ortho intramolecular Hbond substituents is 1. The number of amides is 1. The molecule has 2 aromatic rings. The molecule has 21 heavy (non-hydrogen) atoms. The van der Waals surface area contributed by atoms with Gasteiger partial charge in [0.2, 0.25) is 0 Å². The summed E-state index contributed by atoms with van der Waals surface area (Å²) in [5, 5.41) is 15.7. The summed E-state index contributed by atoms with van der Waals surface area (Å²) < 4.78 is 6.36. The number of nitrogens with one attached hydrogen (secondary N) is 1. The number of hydrazone groups is 1. The second-order valence-corrected chi connectivity index (χ2v) is 6.41. The fourth-order valence-corrected chi connectivity index (χ4v) is 2.94. The first-order valence-electron chi connectivity index (χ1n) is 5.66. The number of carbonyl (C=O) groups excluding carboxylic acids is 1. The van der Waals surface area contributed by atoms with E-state index in [1.54, 1.807) is 23.6 Å². The number of ether oxygens (including phenoxy) is 1. The van der Waals surface area contributed by atoms with E-state index >= 15 is 0 Å². The SMILES string of the molecule is COc1cc(Br)c(Br)c(/C=N/NC(=O)c2cccs2)c1O. The van der Waals surface area contributed by atoms with E-state index < -0.39 is 0 Å². The van der Waals surface area contributed by atoms with Crippen molar-refractivity contribution in [2.24, 2.45) is 5.10 Å². The number of methoxy groups -OCH3 is 1. The van der Waals surface area contributed by atoms with Gasteiger partial charge in [0.15, 0.2) is 11.5 Å². The van der Waals surface area contributed by atoms with Crippen LogP contribution in [0.1, 0.15) is 15.2 Å². The van der Waals surface area contributed by atoms with Crippen LogP contribution in [-0.4, -0.2) is 24.3 Å². The summed E-state index contributed by atoms with van der Waals surface area (Å²) in [5.74, 6) is -0.0726. The number of hydrogen-bond acceptors (Lipinski definition) is 5. The van der Waals surface area contributed by atoms with Crippen LogP contribution in [0.4, 0.5) is 0 Å². The Morgan fingerprint density at radius 2 is 2.29 bits per heavy atom. The molecule has 5 nitrogen and oxygen atoms in total. The average Bonchev–Trinajstić information content (AvgIpc) is 3.00. The van der Waals surface area contributed by atoms with Gasteiger partial charge in [-0.25, -0.2) is 5.43 Å². The molecule has 0 bridgehead atoms. The lowest BCUT2D eigenvalue weighted by atomic mass is 10.2. The molecule has 0 saturated heterocycles. The molecule has 0 aliphatic heterocycles. The van der Waals surface area contributed by atoms with Crippen molar-refractivity contribution in [3.63, 3.8) is 0 Å². The maximum Gasteiger partial charge on any atom is 0.281 e. The second kappa shape index (κ2) is 7.06. The molecule has 110 valence electrons. The lowest BCUT2D eigenvalue weighted by Gasteiger charge is -2.09. The van der Waals surface area contributed by atoms with Gasteiger partial charge in [0, 0.05) is 8.95 Å². The molecule has 2 N–H and O–H groups in total. The molecule has 0 radical (unpaired) electrons. The third-order valence-electron chi connectivity index (χ3n) is 2.52. The van der Waals surface area contributed by atoms with Crippen molar-refractivity contribution in [2.75, 3.05) is 7.11 Å². The predicted octanol–water partition coefficient (Wildman–Crippen LogP) is 3.75. The minimum Gasteiger partial charge on any atom is -0.504 e. The Morgan fingerprint density at radius 1 is 1.52 bits per heavy atom. The molecule has 0 aliphatic carbocycles. The highest BCUT2D eigenvalue weighted by Gasteiger charge is 2.14. The molecule has 0 atom stereocenters. The number of benzene rings is 1. The Labute approximate surface area is 141 Å². The number of phenols is 1. The van der Waals surface area contributed by atoms with Crippen molar-refractivity contribution in [3.05, 3.63) is 43.0 Å². The van der Waals surface area contributed by atoms with Crippen LogP contribution in [0, 0.1) is 0 Å². The Morgan fingerprint density at radius 3 is 2.90 bits per heavy atom. The molecule has 0 saturated carbocycles. The summed E-state index contributed by atoms with van der Waals surface area (Å²) in [6.45, 7) is 0. The van der Waals surface area contributed by atoms with Crippen molar-refractivity contribution in [2.45, 2.75) is 0 Å². The zero-order valence-electron chi connectivity index (χ0n) is 10.8. The van der Waals surface area contributed by atoms with Gasteiger partial charge in [0.05, 0.1) is 23.8 Å². The number of carbonyl (C=O) groups is 1. The molecule has 2 rings (SSSR count). The fraction of sp³-hybridized carbons (Fsp3) is 0.0769. The Bertz CT molecular complexity index is 687. The van der Waals surface area contributed by atoms with E-state index in [0.29, 0.717) is 25.1 Å². The van der Waals surface area contributed by atoms with Crippen LogP contribution in [0.15, 0.2) is 37.6 Å². The normalized spacial score (nSPS) is 10.8. The fourth-order valence-electron chi connectivity index (χ4n) is 1.50. The maximum absolute atomic E-state index is 11.7. The molecule has 1 heterocycles. The first-order valence-corrected chi connectivity index (χ1v) is 8.13. The molecule has 1 aromatic heterocycles. The van der Waals surface area contributed by atoms with Gasteiger partial charge in [-0.15, -0.1) is 11.3 Å². The topological polar surface area (TPSA) is 70.9 Å². The quantitative estimate of drug-likeness (QED) is 0.569. The highest BCUT2D eigenvalue weighted by Crippen LogP contribution is 2.39. The van der Waals surface area contributed by atoms with E-state index in [9.17, 15) is 9.90 Å². The van der Waals surface area contributed by atoms with E-state index in [-0.39, 0.29) is 11.7 Å². The predicted molar refractivity (Wildman–Crippen MR) is 89.4 cm³/mol. The van der Waals surface area contributed by atoms with E-state index in [0.717, 1.165) is 0 Å². The van der Waals surface area contributed by atoms with Gasteiger partial charge in [-0.3, -0.25) is 4.79 Å². The van der Waals surface area contributed by atoms with Crippen LogP contribution in [0.2, 0.25) is 0 Å². The highest BCUT2D eigenvalue weighted by molar-refractivity contribution is 9.13. The lowest BCUT2D eigenvalue weighted by Crippen LogP contribution is -2.16. The van der Waals surface area contributed by atoms with Gasteiger partial charge in [-0.2, -0.15) is 5.10 Å². The number of rotatable bonds is 4. The molecule has 0 fully saturated rings. The zero-order valence-corrected chi connectivity index (χ0v) is 14.8. The van der Waals surface area contributed by atoms with Crippen LogP contribution in [0.5, 0.6) is 11.5 Å². The van der Waals surface area contributed by atoms with Crippen molar-refractivity contribution in [1.82, 2.24) is 5.43 Å². The molecule has 0 aliphatic rings. The van der Waals surface area contributed by atoms with Gasteiger partial charge < -0.3 is 9.84 Å². The van der Waals surface area contributed by atoms with Gasteiger partial charge in [-0.05, 0) is 49.4 Å². The zero-order chi connectivity index (χ0) is 15.4. The van der Waals surface area contributed by atoms with Gasteiger partial charge in [0.25, 0.3) is 5.91 Å². The monoisotopic (exact) mass is 432 g/mol. The first kappa shape index (κ1) is 16.0. The number of thiophene rings is 1. The van der Waals surface area contributed by atoms with Crippen LogP contribution in [0.25, 0.3) is 0 Å². The number of aromatic hydroxyl groups is 1. The van der Waals surface area contributed by atoms with Gasteiger partial charge >= 0.3 is 0 Å².